The lowest BCUT2D eigenvalue weighted by atomic mass is 9.89. The average molecular weight is 337 g/mol. The molecule has 2 atom stereocenters. The van der Waals surface area contributed by atoms with Crippen LogP contribution < -0.4 is 4.74 Å². The first-order chi connectivity index (χ1) is 10.5. The molecule has 114 valence electrons. The molecular weight excluding hydrogens is 323 g/mol. The molecule has 1 aliphatic rings. The monoisotopic (exact) mass is 336 g/mol. The Morgan fingerprint density at radius 1 is 1.14 bits per heavy atom. The topological polar surface area (TPSA) is 35.5 Å². The molecule has 5 heteroatoms. The minimum atomic E-state index is -1.39. The van der Waals surface area contributed by atoms with Crippen LogP contribution in [0.2, 0.25) is 10.0 Å². The Balaban J connectivity index is 2.04. The Labute approximate surface area is 138 Å². The maximum absolute atomic E-state index is 12.9. The van der Waals surface area contributed by atoms with Gasteiger partial charge in [-0.2, -0.15) is 0 Å². The van der Waals surface area contributed by atoms with Crippen molar-refractivity contribution in [3.05, 3.63) is 63.6 Å². The van der Waals surface area contributed by atoms with Crippen LogP contribution in [0.3, 0.4) is 0 Å². The number of hydrogen-bond acceptors (Lipinski definition) is 3. The molecule has 3 nitrogen and oxygen atoms in total. The summed E-state index contributed by atoms with van der Waals surface area (Å²) in [6.07, 6.45) is 0. The Bertz CT molecular complexity index is 727. The van der Waals surface area contributed by atoms with Gasteiger partial charge in [-0.3, -0.25) is 4.79 Å². The van der Waals surface area contributed by atoms with Crippen molar-refractivity contribution in [3.63, 3.8) is 0 Å². The molecule has 0 amide bonds. The molecule has 1 heterocycles. The fourth-order valence-electron chi connectivity index (χ4n) is 2.76. The maximum Gasteiger partial charge on any atom is 0.281 e. The smallest absolute Gasteiger partial charge is 0.281 e. The largest absolute Gasteiger partial charge is 0.453 e. The summed E-state index contributed by atoms with van der Waals surface area (Å²) >= 11 is 11.9. The fourth-order valence-corrected chi connectivity index (χ4v) is 3.07. The molecule has 3 rings (SSSR count). The van der Waals surface area contributed by atoms with Crippen LogP contribution in [0.1, 0.15) is 28.8 Å². The van der Waals surface area contributed by atoms with Crippen molar-refractivity contribution < 1.29 is 14.3 Å². The summed E-state index contributed by atoms with van der Waals surface area (Å²) in [4.78, 5) is 12.9. The Morgan fingerprint density at radius 2 is 1.77 bits per heavy atom. The van der Waals surface area contributed by atoms with Gasteiger partial charge in [0.2, 0.25) is 5.78 Å². The second kappa shape index (κ2) is 5.58. The highest BCUT2D eigenvalue weighted by molar-refractivity contribution is 6.31. The van der Waals surface area contributed by atoms with Crippen molar-refractivity contribution in [2.24, 2.45) is 0 Å². The third kappa shape index (κ3) is 2.30. The summed E-state index contributed by atoms with van der Waals surface area (Å²) in [7, 11) is 1.47. The number of carbonyl (C=O) groups excluding carboxylic acids is 1. The number of rotatable bonds is 3. The molecule has 1 aliphatic heterocycles. The minimum Gasteiger partial charge on any atom is -0.453 e. The lowest BCUT2D eigenvalue weighted by Crippen LogP contribution is -2.47. The molecule has 0 radical (unpaired) electrons. The van der Waals surface area contributed by atoms with Gasteiger partial charge < -0.3 is 9.47 Å². The Kier molecular flexibility index (Phi) is 3.89. The zero-order valence-corrected chi connectivity index (χ0v) is 13.6. The second-order valence-corrected chi connectivity index (χ2v) is 6.09. The molecule has 0 fully saturated rings. The summed E-state index contributed by atoms with van der Waals surface area (Å²) in [5, 5.41) is 1.17. The van der Waals surface area contributed by atoms with E-state index in [1.54, 1.807) is 42.5 Å². The molecule has 0 aliphatic carbocycles. The zero-order valence-electron chi connectivity index (χ0n) is 12.1. The van der Waals surface area contributed by atoms with Gasteiger partial charge in [0, 0.05) is 28.3 Å². The number of methoxy groups -OCH3 is 1. The van der Waals surface area contributed by atoms with Gasteiger partial charge in [-0.1, -0.05) is 30.1 Å². The maximum atomic E-state index is 12.9. The van der Waals surface area contributed by atoms with Gasteiger partial charge in [0.1, 0.15) is 5.75 Å². The van der Waals surface area contributed by atoms with E-state index in [-0.39, 0.29) is 11.7 Å². The number of ketones is 1. The van der Waals surface area contributed by atoms with Crippen LogP contribution in [0.4, 0.5) is 0 Å². The SMILES string of the molecule is COC1(C(=O)c2ccc(Cl)cc2)Oc2ccc(Cl)cc2C1C. The summed E-state index contributed by atoms with van der Waals surface area (Å²) in [6, 6.07) is 12.0. The number of Topliss-reactive ketones (excluding diaryl/α,β-unsaturated/α-hetero) is 1. The highest BCUT2D eigenvalue weighted by atomic mass is 35.5. The van der Waals surface area contributed by atoms with E-state index in [0.29, 0.717) is 21.4 Å². The predicted octanol–water partition coefficient (Wildman–Crippen LogP) is 4.71. The first-order valence-electron chi connectivity index (χ1n) is 6.82. The molecule has 22 heavy (non-hydrogen) atoms. The number of fused-ring (bicyclic) bond motifs is 1. The third-order valence-corrected chi connectivity index (χ3v) is 4.48. The minimum absolute atomic E-state index is 0.244. The first kappa shape index (κ1) is 15.3. The van der Waals surface area contributed by atoms with E-state index in [4.69, 9.17) is 32.7 Å². The van der Waals surface area contributed by atoms with Crippen molar-refractivity contribution in [1.82, 2.24) is 0 Å². The molecule has 0 saturated carbocycles. The number of carbonyl (C=O) groups is 1. The molecule has 0 N–H and O–H groups in total. The molecule has 0 spiro atoms. The van der Waals surface area contributed by atoms with E-state index in [2.05, 4.69) is 0 Å². The normalized spacial score (nSPS) is 23.0. The molecule has 0 saturated heterocycles. The van der Waals surface area contributed by atoms with E-state index in [9.17, 15) is 4.79 Å². The average Bonchev–Trinajstić information content (AvgIpc) is 2.81. The van der Waals surface area contributed by atoms with Crippen LogP contribution in [0.5, 0.6) is 5.75 Å². The quantitative estimate of drug-likeness (QED) is 0.761. The Morgan fingerprint density at radius 3 is 2.41 bits per heavy atom. The van der Waals surface area contributed by atoms with Crippen molar-refractivity contribution in [1.29, 1.82) is 0 Å². The summed E-state index contributed by atoms with van der Waals surface area (Å²) < 4.78 is 11.4. The van der Waals surface area contributed by atoms with Gasteiger partial charge in [-0.15, -0.1) is 0 Å². The summed E-state index contributed by atoms with van der Waals surface area (Å²) in [5.74, 6) is -1.30. The van der Waals surface area contributed by atoms with Crippen LogP contribution in [-0.4, -0.2) is 18.7 Å². The van der Waals surface area contributed by atoms with Crippen LogP contribution in [0.25, 0.3) is 0 Å². The molecular formula is C17H14Cl2O3. The highest BCUT2D eigenvalue weighted by Crippen LogP contribution is 2.47. The van der Waals surface area contributed by atoms with Crippen molar-refractivity contribution in [2.45, 2.75) is 18.6 Å². The lowest BCUT2D eigenvalue weighted by Gasteiger charge is -2.29. The number of ether oxygens (including phenoxy) is 2. The van der Waals surface area contributed by atoms with Crippen LogP contribution in [0, 0.1) is 0 Å². The molecule has 0 bridgehead atoms. The van der Waals surface area contributed by atoms with Gasteiger partial charge in [-0.05, 0) is 42.5 Å². The molecule has 0 aromatic heterocycles. The molecule has 2 unspecified atom stereocenters. The number of benzene rings is 2. The van der Waals surface area contributed by atoms with Crippen LogP contribution in [-0.2, 0) is 4.74 Å². The van der Waals surface area contributed by atoms with Crippen molar-refractivity contribution in [3.8, 4) is 5.75 Å². The Hall–Kier alpha value is -1.55. The summed E-state index contributed by atoms with van der Waals surface area (Å²) in [6.45, 7) is 1.89. The lowest BCUT2D eigenvalue weighted by molar-refractivity contribution is -0.126. The summed E-state index contributed by atoms with van der Waals surface area (Å²) in [5.41, 5.74) is 1.34. The highest BCUT2D eigenvalue weighted by Gasteiger charge is 2.53. The van der Waals surface area contributed by atoms with Gasteiger partial charge in [0.05, 0.1) is 5.92 Å². The second-order valence-electron chi connectivity index (χ2n) is 5.21. The van der Waals surface area contributed by atoms with Gasteiger partial charge in [0.15, 0.2) is 0 Å². The van der Waals surface area contributed by atoms with Crippen LogP contribution >= 0.6 is 23.2 Å². The van der Waals surface area contributed by atoms with Gasteiger partial charge >= 0.3 is 0 Å². The predicted molar refractivity (Wildman–Crippen MR) is 86.0 cm³/mol. The standard InChI is InChI=1S/C17H14Cl2O3/c1-10-14-9-13(19)7-8-15(14)22-17(10,21-2)16(20)11-3-5-12(18)6-4-11/h3-10H,1-2H3. The zero-order chi connectivity index (χ0) is 15.9. The molecule has 2 aromatic carbocycles. The third-order valence-electron chi connectivity index (χ3n) is 4.00. The van der Waals surface area contributed by atoms with E-state index in [0.717, 1.165) is 5.56 Å². The number of hydrogen-bond donors (Lipinski definition) is 0. The first-order valence-corrected chi connectivity index (χ1v) is 7.57. The van der Waals surface area contributed by atoms with E-state index in [1.807, 2.05) is 6.92 Å². The fraction of sp³-hybridized carbons (Fsp3) is 0.235. The van der Waals surface area contributed by atoms with Crippen molar-refractivity contribution in [2.75, 3.05) is 7.11 Å². The van der Waals surface area contributed by atoms with E-state index in [1.165, 1.54) is 7.11 Å². The van der Waals surface area contributed by atoms with Gasteiger partial charge in [0.25, 0.3) is 5.79 Å². The van der Waals surface area contributed by atoms with Crippen molar-refractivity contribution >= 4 is 29.0 Å². The van der Waals surface area contributed by atoms with Gasteiger partial charge in [-0.25, -0.2) is 0 Å². The number of halogens is 2. The van der Waals surface area contributed by atoms with Crippen LogP contribution in [0.15, 0.2) is 42.5 Å². The van der Waals surface area contributed by atoms with E-state index < -0.39 is 5.79 Å². The van der Waals surface area contributed by atoms with E-state index >= 15 is 0 Å². The molecule has 2 aromatic rings.